The lowest BCUT2D eigenvalue weighted by Crippen LogP contribution is -2.02. The molecular formula is C18H16N6O2. The number of nitrogens with zero attached hydrogens (tertiary/aromatic N) is 4. The number of anilines is 4. The second-order valence-corrected chi connectivity index (χ2v) is 5.18. The van der Waals surface area contributed by atoms with Crippen molar-refractivity contribution in [3.63, 3.8) is 0 Å². The Bertz CT molecular complexity index is 954. The van der Waals surface area contributed by atoms with Gasteiger partial charge in [0, 0.05) is 17.4 Å². The quantitative estimate of drug-likeness (QED) is 0.699. The van der Waals surface area contributed by atoms with E-state index >= 15 is 0 Å². The first-order valence-corrected chi connectivity index (χ1v) is 7.68. The highest BCUT2D eigenvalue weighted by Crippen LogP contribution is 2.30. The van der Waals surface area contributed by atoms with Crippen molar-refractivity contribution in [3.05, 3.63) is 54.2 Å². The van der Waals surface area contributed by atoms with Gasteiger partial charge >= 0.3 is 0 Å². The van der Waals surface area contributed by atoms with Gasteiger partial charge in [0.25, 0.3) is 0 Å². The Morgan fingerprint density at radius 3 is 2.54 bits per heavy atom. The Balaban J connectivity index is 1.78. The molecule has 3 rings (SSSR count). The molecule has 0 unspecified atom stereocenters. The van der Waals surface area contributed by atoms with Crippen LogP contribution in [0.1, 0.15) is 5.56 Å². The third kappa shape index (κ3) is 3.96. The highest BCUT2D eigenvalue weighted by molar-refractivity contribution is 5.62. The maximum Gasteiger partial charge on any atom is 0.249 e. The molecule has 26 heavy (non-hydrogen) atoms. The summed E-state index contributed by atoms with van der Waals surface area (Å²) < 4.78 is 10.5. The SMILES string of the molecule is COc1ccc(Nc2cnnc(Nc3cccc(C#N)c3)n2)cc1OC. The lowest BCUT2D eigenvalue weighted by molar-refractivity contribution is 0.355. The van der Waals surface area contributed by atoms with Gasteiger partial charge in [0.05, 0.1) is 32.0 Å². The Hall–Kier alpha value is -3.86. The van der Waals surface area contributed by atoms with Crippen LogP contribution in [0.15, 0.2) is 48.7 Å². The minimum Gasteiger partial charge on any atom is -0.493 e. The van der Waals surface area contributed by atoms with E-state index in [0.717, 1.165) is 5.69 Å². The first-order chi connectivity index (χ1) is 12.7. The van der Waals surface area contributed by atoms with Gasteiger partial charge in [-0.3, -0.25) is 0 Å². The monoisotopic (exact) mass is 348 g/mol. The molecule has 0 saturated heterocycles. The molecule has 0 atom stereocenters. The summed E-state index contributed by atoms with van der Waals surface area (Å²) in [5.41, 5.74) is 2.01. The molecule has 8 heteroatoms. The van der Waals surface area contributed by atoms with Crippen LogP contribution >= 0.6 is 0 Å². The third-order valence-corrected chi connectivity index (χ3v) is 3.46. The van der Waals surface area contributed by atoms with E-state index in [1.165, 1.54) is 6.20 Å². The van der Waals surface area contributed by atoms with E-state index in [0.29, 0.717) is 34.5 Å². The molecule has 8 nitrogen and oxygen atoms in total. The van der Waals surface area contributed by atoms with Crippen molar-refractivity contribution < 1.29 is 9.47 Å². The van der Waals surface area contributed by atoms with Crippen molar-refractivity contribution in [1.29, 1.82) is 5.26 Å². The van der Waals surface area contributed by atoms with Crippen molar-refractivity contribution in [1.82, 2.24) is 15.2 Å². The zero-order valence-corrected chi connectivity index (χ0v) is 14.2. The van der Waals surface area contributed by atoms with E-state index in [2.05, 4.69) is 31.9 Å². The first kappa shape index (κ1) is 17.0. The van der Waals surface area contributed by atoms with Gasteiger partial charge in [0.15, 0.2) is 17.3 Å². The number of hydrogen-bond acceptors (Lipinski definition) is 8. The number of hydrogen-bond donors (Lipinski definition) is 2. The topological polar surface area (TPSA) is 105 Å². The smallest absolute Gasteiger partial charge is 0.249 e. The summed E-state index contributed by atoms with van der Waals surface area (Å²) in [4.78, 5) is 4.37. The fourth-order valence-corrected chi connectivity index (χ4v) is 2.27. The molecule has 130 valence electrons. The van der Waals surface area contributed by atoms with Gasteiger partial charge < -0.3 is 20.1 Å². The number of rotatable bonds is 6. The maximum absolute atomic E-state index is 8.97. The lowest BCUT2D eigenvalue weighted by Gasteiger charge is -2.11. The summed E-state index contributed by atoms with van der Waals surface area (Å²) in [7, 11) is 3.16. The predicted octanol–water partition coefficient (Wildman–Crippen LogP) is 3.25. The summed E-state index contributed by atoms with van der Waals surface area (Å²) in [5.74, 6) is 2.06. The van der Waals surface area contributed by atoms with Crippen LogP contribution in [0.25, 0.3) is 0 Å². The van der Waals surface area contributed by atoms with E-state index in [-0.39, 0.29) is 0 Å². The highest BCUT2D eigenvalue weighted by Gasteiger charge is 2.07. The zero-order chi connectivity index (χ0) is 18.4. The highest BCUT2D eigenvalue weighted by atomic mass is 16.5. The predicted molar refractivity (Wildman–Crippen MR) is 97.1 cm³/mol. The molecule has 0 aliphatic carbocycles. The molecule has 0 bridgehead atoms. The molecule has 0 spiro atoms. The van der Waals surface area contributed by atoms with Crippen LogP contribution in [0.2, 0.25) is 0 Å². The van der Waals surface area contributed by atoms with Gasteiger partial charge in [0.2, 0.25) is 5.95 Å². The Morgan fingerprint density at radius 1 is 0.962 bits per heavy atom. The summed E-state index contributed by atoms with van der Waals surface area (Å²) in [5, 5.41) is 23.0. The Labute approximate surface area is 150 Å². The van der Waals surface area contributed by atoms with Crippen molar-refractivity contribution in [2.45, 2.75) is 0 Å². The third-order valence-electron chi connectivity index (χ3n) is 3.46. The van der Waals surface area contributed by atoms with Gasteiger partial charge in [-0.15, -0.1) is 5.10 Å². The number of methoxy groups -OCH3 is 2. The van der Waals surface area contributed by atoms with Crippen LogP contribution < -0.4 is 20.1 Å². The van der Waals surface area contributed by atoms with Crippen molar-refractivity contribution in [2.75, 3.05) is 24.9 Å². The van der Waals surface area contributed by atoms with Crippen LogP contribution in [-0.2, 0) is 0 Å². The fourth-order valence-electron chi connectivity index (χ4n) is 2.27. The molecule has 1 aromatic heterocycles. The van der Waals surface area contributed by atoms with Crippen molar-refractivity contribution >= 4 is 23.1 Å². The van der Waals surface area contributed by atoms with Crippen LogP contribution in [0.5, 0.6) is 11.5 Å². The van der Waals surface area contributed by atoms with E-state index < -0.39 is 0 Å². The Kier molecular flexibility index (Phi) is 5.10. The Morgan fingerprint density at radius 2 is 1.77 bits per heavy atom. The molecule has 0 saturated carbocycles. The van der Waals surface area contributed by atoms with Crippen molar-refractivity contribution in [3.8, 4) is 17.6 Å². The average Bonchev–Trinajstić information content (AvgIpc) is 2.68. The minimum absolute atomic E-state index is 0.311. The van der Waals surface area contributed by atoms with Gasteiger partial charge in [0.1, 0.15) is 0 Å². The normalized spacial score (nSPS) is 9.88. The van der Waals surface area contributed by atoms with Gasteiger partial charge in [-0.05, 0) is 30.3 Å². The standard InChI is InChI=1S/C18H16N6O2/c1-25-15-7-6-14(9-16(15)26-2)21-17-11-20-24-18(23-17)22-13-5-3-4-12(8-13)10-19/h3-9,11H,1-2H3,(H2,21,22,23,24). The summed E-state index contributed by atoms with van der Waals surface area (Å²) in [6.45, 7) is 0. The molecule has 0 amide bonds. The summed E-state index contributed by atoms with van der Waals surface area (Å²) >= 11 is 0. The first-order valence-electron chi connectivity index (χ1n) is 7.68. The maximum atomic E-state index is 8.97. The average molecular weight is 348 g/mol. The molecule has 0 aliphatic rings. The minimum atomic E-state index is 0.311. The number of benzene rings is 2. The van der Waals surface area contributed by atoms with E-state index in [9.17, 15) is 0 Å². The molecule has 0 fully saturated rings. The second-order valence-electron chi connectivity index (χ2n) is 5.18. The van der Waals surface area contributed by atoms with Crippen molar-refractivity contribution in [2.24, 2.45) is 0 Å². The van der Waals surface area contributed by atoms with Gasteiger partial charge in [-0.2, -0.15) is 15.3 Å². The number of ether oxygens (including phenoxy) is 2. The zero-order valence-electron chi connectivity index (χ0n) is 14.2. The van der Waals surface area contributed by atoms with Crippen LogP contribution in [0.4, 0.5) is 23.1 Å². The molecular weight excluding hydrogens is 332 g/mol. The molecule has 1 heterocycles. The second kappa shape index (κ2) is 7.81. The number of nitriles is 1. The number of nitrogens with one attached hydrogen (secondary N) is 2. The van der Waals surface area contributed by atoms with E-state index in [1.807, 2.05) is 12.1 Å². The lowest BCUT2D eigenvalue weighted by atomic mass is 10.2. The number of aromatic nitrogens is 3. The fraction of sp³-hybridized carbons (Fsp3) is 0.111. The largest absolute Gasteiger partial charge is 0.493 e. The van der Waals surface area contributed by atoms with Gasteiger partial charge in [-0.1, -0.05) is 6.07 Å². The molecule has 2 N–H and O–H groups in total. The molecule has 3 aromatic rings. The van der Waals surface area contributed by atoms with Crippen LogP contribution in [-0.4, -0.2) is 29.4 Å². The molecule has 0 aliphatic heterocycles. The van der Waals surface area contributed by atoms with Gasteiger partial charge in [-0.25, -0.2) is 0 Å². The van der Waals surface area contributed by atoms with Crippen LogP contribution in [0.3, 0.4) is 0 Å². The van der Waals surface area contributed by atoms with E-state index in [4.69, 9.17) is 14.7 Å². The van der Waals surface area contributed by atoms with E-state index in [1.54, 1.807) is 44.6 Å². The summed E-state index contributed by atoms with van der Waals surface area (Å²) in [6, 6.07) is 14.5. The molecule has 0 radical (unpaired) electrons. The summed E-state index contributed by atoms with van der Waals surface area (Å²) in [6.07, 6.45) is 1.51. The molecule has 2 aromatic carbocycles. The van der Waals surface area contributed by atoms with Crippen LogP contribution in [0, 0.1) is 11.3 Å².